The Kier molecular flexibility index (Phi) is 19.1. The maximum Gasteiger partial charge on any atom is 0.481 e. The van der Waals surface area contributed by atoms with E-state index in [-0.39, 0.29) is 60.3 Å². The molecule has 0 radical (unpaired) electrons. The minimum Gasteiger partial charge on any atom is -0.396 e. The molecule has 8 unspecified atom stereocenters. The Labute approximate surface area is 357 Å². The highest BCUT2D eigenvalue weighted by Gasteiger charge is 2.50. The van der Waals surface area contributed by atoms with Crippen molar-refractivity contribution >= 4 is 75.0 Å². The third-order valence-corrected chi connectivity index (χ3v) is 12.8. The Hall–Kier alpha value is -3.05. The van der Waals surface area contributed by atoms with Crippen LogP contribution in [-0.2, 0) is 55.5 Å². The second kappa shape index (κ2) is 22.2. The third-order valence-electron chi connectivity index (χ3n) is 8.79. The van der Waals surface area contributed by atoms with Gasteiger partial charge in [-0.05, 0) is 0 Å². The fraction of sp³-hybridized carbons (Fsp3) is 0.700. The molecular formula is C30H51N8O20P3S. The molecule has 2 aromatic heterocycles. The number of nitrogens with zero attached hydrogens (tertiary/aromatic N) is 4. The van der Waals surface area contributed by atoms with Gasteiger partial charge in [-0.25, -0.2) is 28.6 Å². The molecule has 0 aromatic carbocycles. The summed E-state index contributed by atoms with van der Waals surface area (Å²) in [6.07, 6.45) is -8.68. The van der Waals surface area contributed by atoms with Crippen LogP contribution < -0.4 is 21.7 Å². The second-order valence-corrected chi connectivity index (χ2v) is 20.3. The number of aromatic nitrogens is 4. The number of hydrogen-bond donors (Lipinski definition) is 12. The summed E-state index contributed by atoms with van der Waals surface area (Å²) in [4.78, 5) is 99.8. The Morgan fingerprint density at radius 1 is 0.903 bits per heavy atom. The van der Waals surface area contributed by atoms with Crippen LogP contribution in [0.4, 0.5) is 5.82 Å². The second-order valence-electron chi connectivity index (χ2n) is 14.9. The molecule has 0 aliphatic carbocycles. The number of imidazole rings is 1. The number of ether oxygens (including phenoxy) is 1. The smallest absolute Gasteiger partial charge is 0.396 e. The molecule has 3 rings (SSSR count). The van der Waals surface area contributed by atoms with Crippen LogP contribution >= 0.6 is 35.2 Å². The summed E-state index contributed by atoms with van der Waals surface area (Å²) in [6.45, 7) is 2.69. The van der Waals surface area contributed by atoms with Crippen molar-refractivity contribution in [1.82, 2.24) is 35.5 Å². The molecule has 8 atom stereocenters. The highest BCUT2D eigenvalue weighted by Crippen LogP contribution is 2.61. The number of hydrogen-bond acceptors (Lipinski definition) is 21. The van der Waals surface area contributed by atoms with E-state index in [0.29, 0.717) is 0 Å². The lowest BCUT2D eigenvalue weighted by Crippen LogP contribution is -2.46. The first-order valence-electron chi connectivity index (χ1n) is 18.2. The van der Waals surface area contributed by atoms with Gasteiger partial charge in [-0.1, -0.05) is 39.5 Å². The number of phosphoric acid groups is 3. The van der Waals surface area contributed by atoms with Gasteiger partial charge in [-0.15, -0.1) is 0 Å². The van der Waals surface area contributed by atoms with Gasteiger partial charge in [0, 0.05) is 49.1 Å². The van der Waals surface area contributed by atoms with E-state index in [1.807, 2.05) is 0 Å². The lowest BCUT2D eigenvalue weighted by atomic mass is 9.87. The maximum atomic E-state index is 12.7. The van der Waals surface area contributed by atoms with E-state index in [4.69, 9.17) is 19.5 Å². The Morgan fingerprint density at radius 2 is 1.50 bits per heavy atom. The number of carbonyl (C=O) groups excluding carboxylic acids is 4. The number of fused-ring (bicyclic) bond motifs is 1. The number of nitrogen functional groups attached to an aromatic ring is 1. The van der Waals surface area contributed by atoms with Gasteiger partial charge in [0.2, 0.25) is 17.7 Å². The van der Waals surface area contributed by atoms with Crippen molar-refractivity contribution < 1.29 is 95.5 Å². The standard InChI is InChI=1S/C30H51N8O20P3S/c1-29(2,12-39)22(43)26(45)34-8-6-18(41)62-10-9-32-17(40)5-7-33-27(46)23(44)30(3,4)13-55-61(52,53)58-60(50,51)54-11-16-21(57-59(47,48)49)20(42)28(56-16)38-15-37-19-24(31)35-14-36-25(19)38/h14-16,20-23,28,39,42-44H,5-13H2,1-4H3,(H,32,40)(H,33,46)(H,34,45)(H,50,51)(H,52,53)(H2,31,35,36)(H2,47,48,49). The number of anilines is 1. The summed E-state index contributed by atoms with van der Waals surface area (Å²) in [6, 6.07) is 0. The number of nitrogens with one attached hydrogen (secondary N) is 3. The van der Waals surface area contributed by atoms with Crippen molar-refractivity contribution in [3.05, 3.63) is 12.7 Å². The van der Waals surface area contributed by atoms with Crippen molar-refractivity contribution in [2.75, 3.05) is 50.9 Å². The summed E-state index contributed by atoms with van der Waals surface area (Å²) >= 11 is 0.887. The number of thioether (sulfide) groups is 1. The summed E-state index contributed by atoms with van der Waals surface area (Å²) < 4.78 is 62.1. The number of phosphoric ester groups is 3. The van der Waals surface area contributed by atoms with Crippen LogP contribution in [0.25, 0.3) is 11.2 Å². The van der Waals surface area contributed by atoms with Crippen LogP contribution in [0.5, 0.6) is 0 Å². The van der Waals surface area contributed by atoms with Gasteiger partial charge in [-0.2, -0.15) is 4.31 Å². The minimum atomic E-state index is -5.60. The molecule has 32 heteroatoms. The largest absolute Gasteiger partial charge is 0.481 e. The van der Waals surface area contributed by atoms with Crippen molar-refractivity contribution in [2.24, 2.45) is 10.8 Å². The predicted octanol–water partition coefficient (Wildman–Crippen LogP) is -2.45. The van der Waals surface area contributed by atoms with Crippen molar-refractivity contribution in [1.29, 1.82) is 0 Å². The van der Waals surface area contributed by atoms with Gasteiger partial charge >= 0.3 is 23.5 Å². The topological polar surface area (TPSA) is 433 Å². The summed E-state index contributed by atoms with van der Waals surface area (Å²) in [7, 11) is -16.5. The molecule has 3 amide bonds. The van der Waals surface area contributed by atoms with Gasteiger partial charge in [0.1, 0.15) is 42.4 Å². The molecule has 62 heavy (non-hydrogen) atoms. The van der Waals surface area contributed by atoms with Crippen LogP contribution in [0.1, 0.15) is 46.8 Å². The van der Waals surface area contributed by atoms with E-state index < -0.39 is 109 Å². The third kappa shape index (κ3) is 15.9. The monoisotopic (exact) mass is 968 g/mol. The molecular weight excluding hydrogens is 917 g/mol. The molecule has 0 bridgehead atoms. The lowest BCUT2D eigenvalue weighted by molar-refractivity contribution is -0.137. The number of carbonyl (C=O) groups is 4. The molecule has 1 aliphatic heterocycles. The SMILES string of the molecule is CC(C)(CO)C(O)C(=O)NCCC(=O)SCCNC(=O)CCNC(=O)C(O)C(C)(C)COP(=O)(O)OP(=O)(O)OCC1OC(n2cnc3c(N)ncnc32)C(O)C1OP(=O)(O)O. The average molecular weight is 969 g/mol. The summed E-state index contributed by atoms with van der Waals surface area (Å²) in [5.41, 5.74) is 3.12. The molecule has 1 saturated heterocycles. The highest BCUT2D eigenvalue weighted by molar-refractivity contribution is 8.13. The lowest BCUT2D eigenvalue weighted by Gasteiger charge is -2.30. The van der Waals surface area contributed by atoms with Gasteiger partial charge < -0.3 is 66.4 Å². The van der Waals surface area contributed by atoms with Crippen molar-refractivity contribution in [3.8, 4) is 0 Å². The molecule has 2 aromatic rings. The Balaban J connectivity index is 1.41. The number of amides is 3. The van der Waals surface area contributed by atoms with Gasteiger partial charge in [0.25, 0.3) is 0 Å². The van der Waals surface area contributed by atoms with Gasteiger partial charge in [0.15, 0.2) is 22.8 Å². The van der Waals surface area contributed by atoms with E-state index in [9.17, 15) is 72.9 Å². The fourth-order valence-electron chi connectivity index (χ4n) is 5.19. The Bertz CT molecular complexity index is 2040. The molecule has 1 aliphatic rings. The fourth-order valence-corrected chi connectivity index (χ4v) is 8.70. The first-order valence-corrected chi connectivity index (χ1v) is 23.7. The zero-order valence-electron chi connectivity index (χ0n) is 33.6. The highest BCUT2D eigenvalue weighted by atomic mass is 32.2. The molecule has 13 N–H and O–H groups in total. The van der Waals surface area contributed by atoms with Crippen LogP contribution in [0, 0.1) is 10.8 Å². The minimum absolute atomic E-state index is 0.0158. The first kappa shape index (κ1) is 53.3. The number of aliphatic hydroxyl groups is 4. The molecule has 0 saturated carbocycles. The van der Waals surface area contributed by atoms with Crippen molar-refractivity contribution in [2.45, 2.75) is 77.3 Å². The number of aliphatic hydroxyl groups excluding tert-OH is 4. The van der Waals surface area contributed by atoms with Crippen LogP contribution in [0.15, 0.2) is 12.7 Å². The van der Waals surface area contributed by atoms with Gasteiger partial charge in [-0.3, -0.25) is 37.3 Å². The zero-order valence-corrected chi connectivity index (χ0v) is 37.1. The first-order chi connectivity index (χ1) is 28.6. The number of rotatable bonds is 25. The summed E-state index contributed by atoms with van der Waals surface area (Å²) in [5, 5.41) is 47.6. The predicted molar refractivity (Wildman–Crippen MR) is 212 cm³/mol. The molecule has 352 valence electrons. The zero-order chi connectivity index (χ0) is 46.8. The van der Waals surface area contributed by atoms with E-state index >= 15 is 0 Å². The van der Waals surface area contributed by atoms with E-state index in [1.54, 1.807) is 0 Å². The average Bonchev–Trinajstić information content (AvgIpc) is 3.74. The quantitative estimate of drug-likeness (QED) is 0.0363. The molecule has 0 spiro atoms. The maximum absolute atomic E-state index is 12.7. The normalized spacial score (nSPS) is 21.4. The van der Waals surface area contributed by atoms with Crippen LogP contribution in [0.2, 0.25) is 0 Å². The molecule has 28 nitrogen and oxygen atoms in total. The van der Waals surface area contributed by atoms with Crippen LogP contribution in [0.3, 0.4) is 0 Å². The van der Waals surface area contributed by atoms with Crippen LogP contribution in [-0.4, -0.2) is 158 Å². The Morgan fingerprint density at radius 3 is 2.11 bits per heavy atom. The summed E-state index contributed by atoms with van der Waals surface area (Å²) in [5.74, 6) is -2.16. The van der Waals surface area contributed by atoms with E-state index in [2.05, 4.69) is 39.7 Å². The van der Waals surface area contributed by atoms with Gasteiger partial charge in [0.05, 0.1) is 26.1 Å². The molecule has 3 heterocycles. The van der Waals surface area contributed by atoms with E-state index in [0.717, 1.165) is 29.0 Å². The number of nitrogens with two attached hydrogens (primary N) is 1. The molecule has 1 fully saturated rings. The van der Waals surface area contributed by atoms with Crippen molar-refractivity contribution in [3.63, 3.8) is 0 Å². The van der Waals surface area contributed by atoms with E-state index in [1.165, 1.54) is 27.7 Å².